The van der Waals surface area contributed by atoms with Gasteiger partial charge in [0.1, 0.15) is 0 Å². The maximum Gasteiger partial charge on any atom is 0.229 e. The summed E-state index contributed by atoms with van der Waals surface area (Å²) in [5.41, 5.74) is 1.60. The zero-order chi connectivity index (χ0) is 12.4. The first-order valence-corrected chi connectivity index (χ1v) is 5.94. The number of hydrogen-bond acceptors (Lipinski definition) is 3. The van der Waals surface area contributed by atoms with Crippen molar-refractivity contribution in [2.24, 2.45) is 0 Å². The predicted molar refractivity (Wildman–Crippen MR) is 70.6 cm³/mol. The van der Waals surface area contributed by atoms with E-state index in [1.165, 1.54) is 6.26 Å². The fourth-order valence-corrected chi connectivity index (χ4v) is 1.89. The highest BCUT2D eigenvalue weighted by Crippen LogP contribution is 2.22. The van der Waals surface area contributed by atoms with Crippen molar-refractivity contribution in [2.45, 2.75) is 0 Å². The molecule has 2 aromatic rings. The molecule has 1 aromatic heterocycles. The van der Waals surface area contributed by atoms with E-state index in [4.69, 9.17) is 4.42 Å². The van der Waals surface area contributed by atoms with Crippen LogP contribution in [0.15, 0.2) is 45.5 Å². The average molecular weight is 294 g/mol. The van der Waals surface area contributed by atoms with Crippen LogP contribution in [0.5, 0.6) is 0 Å². The minimum absolute atomic E-state index is 0.120. The van der Waals surface area contributed by atoms with Crippen LogP contribution in [0.2, 0.25) is 0 Å². The SMILES string of the molecule is CN(C)c1cccc(C(=O)c2occc2Br)c1. The molecule has 0 spiro atoms. The summed E-state index contributed by atoms with van der Waals surface area (Å²) < 4.78 is 5.85. The Morgan fingerprint density at radius 3 is 2.65 bits per heavy atom. The number of rotatable bonds is 3. The highest BCUT2D eigenvalue weighted by atomic mass is 79.9. The van der Waals surface area contributed by atoms with E-state index < -0.39 is 0 Å². The van der Waals surface area contributed by atoms with Crippen LogP contribution >= 0.6 is 15.9 Å². The first kappa shape index (κ1) is 11.9. The van der Waals surface area contributed by atoms with Gasteiger partial charge in [0.05, 0.1) is 10.7 Å². The molecular formula is C13H12BrNO2. The van der Waals surface area contributed by atoms with E-state index in [0.717, 1.165) is 5.69 Å². The normalized spacial score (nSPS) is 10.3. The standard InChI is InChI=1S/C13H12BrNO2/c1-15(2)10-5-3-4-9(8-10)12(16)13-11(14)6-7-17-13/h3-8H,1-2H3. The number of anilines is 1. The summed E-state index contributed by atoms with van der Waals surface area (Å²) in [5.74, 6) is 0.214. The van der Waals surface area contributed by atoms with E-state index in [0.29, 0.717) is 15.8 Å². The van der Waals surface area contributed by atoms with Crippen LogP contribution in [0.1, 0.15) is 16.1 Å². The van der Waals surface area contributed by atoms with Gasteiger partial charge in [0.15, 0.2) is 5.76 Å². The molecule has 0 aliphatic carbocycles. The Morgan fingerprint density at radius 1 is 1.29 bits per heavy atom. The molecule has 0 amide bonds. The van der Waals surface area contributed by atoms with Crippen molar-refractivity contribution in [3.8, 4) is 0 Å². The molecule has 4 heteroatoms. The van der Waals surface area contributed by atoms with Gasteiger partial charge in [-0.2, -0.15) is 0 Å². The molecule has 0 N–H and O–H groups in total. The third-order valence-corrected chi connectivity index (χ3v) is 3.07. The molecule has 0 unspecified atom stereocenters. The van der Waals surface area contributed by atoms with Gasteiger partial charge in [-0.25, -0.2) is 0 Å². The van der Waals surface area contributed by atoms with Crippen LogP contribution in [0, 0.1) is 0 Å². The van der Waals surface area contributed by atoms with Crippen molar-refractivity contribution in [1.29, 1.82) is 0 Å². The smallest absolute Gasteiger partial charge is 0.229 e. The van der Waals surface area contributed by atoms with Gasteiger partial charge < -0.3 is 9.32 Å². The fourth-order valence-electron chi connectivity index (χ4n) is 1.51. The molecule has 0 fully saturated rings. The van der Waals surface area contributed by atoms with Gasteiger partial charge in [-0.15, -0.1) is 0 Å². The number of ketones is 1. The van der Waals surface area contributed by atoms with Gasteiger partial charge in [0.2, 0.25) is 5.78 Å². The molecule has 17 heavy (non-hydrogen) atoms. The highest BCUT2D eigenvalue weighted by Gasteiger charge is 2.16. The average Bonchev–Trinajstić information content (AvgIpc) is 2.74. The van der Waals surface area contributed by atoms with Crippen LogP contribution in [-0.2, 0) is 0 Å². The van der Waals surface area contributed by atoms with Gasteiger partial charge in [-0.05, 0) is 34.1 Å². The van der Waals surface area contributed by atoms with Gasteiger partial charge in [-0.1, -0.05) is 12.1 Å². The van der Waals surface area contributed by atoms with E-state index in [1.54, 1.807) is 12.1 Å². The lowest BCUT2D eigenvalue weighted by atomic mass is 10.1. The third-order valence-electron chi connectivity index (χ3n) is 2.45. The molecule has 0 aliphatic heterocycles. The maximum atomic E-state index is 12.2. The van der Waals surface area contributed by atoms with E-state index in [1.807, 2.05) is 37.2 Å². The Kier molecular flexibility index (Phi) is 3.33. The van der Waals surface area contributed by atoms with Crippen LogP contribution in [0.4, 0.5) is 5.69 Å². The number of halogens is 1. The second-order valence-electron chi connectivity index (χ2n) is 3.87. The molecule has 0 atom stereocenters. The molecule has 0 radical (unpaired) electrons. The highest BCUT2D eigenvalue weighted by molar-refractivity contribution is 9.10. The number of carbonyl (C=O) groups is 1. The van der Waals surface area contributed by atoms with E-state index >= 15 is 0 Å². The largest absolute Gasteiger partial charge is 0.460 e. The van der Waals surface area contributed by atoms with Gasteiger partial charge in [0, 0.05) is 25.3 Å². The predicted octanol–water partition coefficient (Wildman–Crippen LogP) is 3.34. The van der Waals surface area contributed by atoms with E-state index in [9.17, 15) is 4.79 Å². The van der Waals surface area contributed by atoms with Crippen LogP contribution in [0.25, 0.3) is 0 Å². The second-order valence-corrected chi connectivity index (χ2v) is 4.73. The zero-order valence-electron chi connectivity index (χ0n) is 9.61. The van der Waals surface area contributed by atoms with Crippen LogP contribution in [0.3, 0.4) is 0 Å². The topological polar surface area (TPSA) is 33.5 Å². The third kappa shape index (κ3) is 2.42. The van der Waals surface area contributed by atoms with E-state index in [-0.39, 0.29) is 5.78 Å². The molecule has 88 valence electrons. The van der Waals surface area contributed by atoms with Gasteiger partial charge in [-0.3, -0.25) is 4.79 Å². The molecule has 0 bridgehead atoms. The molecule has 3 nitrogen and oxygen atoms in total. The first-order chi connectivity index (χ1) is 8.09. The Labute approximate surface area is 108 Å². The summed E-state index contributed by atoms with van der Waals surface area (Å²) in [5, 5.41) is 0. The molecule has 0 saturated carbocycles. The summed E-state index contributed by atoms with van der Waals surface area (Å²) in [6, 6.07) is 9.15. The molecule has 0 aliphatic rings. The van der Waals surface area contributed by atoms with Crippen LogP contribution < -0.4 is 4.90 Å². The molecule has 1 heterocycles. The zero-order valence-corrected chi connectivity index (χ0v) is 11.2. The maximum absolute atomic E-state index is 12.2. The molecule has 1 aromatic carbocycles. The Bertz CT molecular complexity index is 546. The summed E-state index contributed by atoms with van der Waals surface area (Å²) >= 11 is 3.29. The Morgan fingerprint density at radius 2 is 2.06 bits per heavy atom. The Hall–Kier alpha value is -1.55. The van der Waals surface area contributed by atoms with Crippen molar-refractivity contribution < 1.29 is 9.21 Å². The summed E-state index contributed by atoms with van der Waals surface area (Å²) in [6.07, 6.45) is 1.49. The minimum atomic E-state index is -0.120. The van der Waals surface area contributed by atoms with Crippen LogP contribution in [-0.4, -0.2) is 19.9 Å². The quantitative estimate of drug-likeness (QED) is 0.814. The first-order valence-electron chi connectivity index (χ1n) is 5.14. The summed E-state index contributed by atoms with van der Waals surface area (Å²) in [4.78, 5) is 14.1. The summed E-state index contributed by atoms with van der Waals surface area (Å²) in [6.45, 7) is 0. The molecule has 0 saturated heterocycles. The van der Waals surface area contributed by atoms with Crippen molar-refractivity contribution in [3.63, 3.8) is 0 Å². The number of furan rings is 1. The van der Waals surface area contributed by atoms with E-state index in [2.05, 4.69) is 15.9 Å². The monoisotopic (exact) mass is 293 g/mol. The van der Waals surface area contributed by atoms with Gasteiger partial charge >= 0.3 is 0 Å². The van der Waals surface area contributed by atoms with Crippen molar-refractivity contribution in [3.05, 3.63) is 52.4 Å². The number of carbonyl (C=O) groups excluding carboxylic acids is 1. The summed E-state index contributed by atoms with van der Waals surface area (Å²) in [7, 11) is 3.87. The molecular weight excluding hydrogens is 282 g/mol. The van der Waals surface area contributed by atoms with Crippen molar-refractivity contribution >= 4 is 27.4 Å². The Balaban J connectivity index is 2.38. The number of hydrogen-bond donors (Lipinski definition) is 0. The minimum Gasteiger partial charge on any atom is -0.460 e. The van der Waals surface area contributed by atoms with Crippen molar-refractivity contribution in [2.75, 3.05) is 19.0 Å². The number of nitrogens with zero attached hydrogens (tertiary/aromatic N) is 1. The lowest BCUT2D eigenvalue weighted by molar-refractivity contribution is 0.101. The number of benzene rings is 1. The lowest BCUT2D eigenvalue weighted by Crippen LogP contribution is -2.10. The molecule has 2 rings (SSSR count). The lowest BCUT2D eigenvalue weighted by Gasteiger charge is -2.12. The second kappa shape index (κ2) is 4.75. The van der Waals surface area contributed by atoms with Crippen molar-refractivity contribution in [1.82, 2.24) is 0 Å². The van der Waals surface area contributed by atoms with Gasteiger partial charge in [0.25, 0.3) is 0 Å². The fraction of sp³-hybridized carbons (Fsp3) is 0.154.